The molecule has 0 unspecified atom stereocenters. The van der Waals surface area contributed by atoms with Crippen LogP contribution in [0.4, 0.5) is 14.5 Å². The van der Waals surface area contributed by atoms with Crippen LogP contribution in [0.3, 0.4) is 0 Å². The zero-order chi connectivity index (χ0) is 16.3. The molecule has 0 spiro atoms. The van der Waals surface area contributed by atoms with Crippen LogP contribution in [0.1, 0.15) is 28.9 Å². The molecule has 2 rings (SSSR count). The third kappa shape index (κ3) is 3.43. The molecule has 0 saturated carbocycles. The van der Waals surface area contributed by atoms with Crippen molar-refractivity contribution in [1.82, 2.24) is 5.32 Å². The molecule has 2 aromatic carbocycles. The van der Waals surface area contributed by atoms with E-state index in [-0.39, 0.29) is 16.8 Å². The third-order valence-corrected chi connectivity index (χ3v) is 3.10. The molecular formula is C15H12F2N2O3. The Bertz CT molecular complexity index is 734. The van der Waals surface area contributed by atoms with E-state index in [9.17, 15) is 23.7 Å². The second-order valence-electron chi connectivity index (χ2n) is 4.67. The highest BCUT2D eigenvalue weighted by atomic mass is 19.1. The van der Waals surface area contributed by atoms with Crippen LogP contribution in [-0.2, 0) is 0 Å². The molecule has 0 heterocycles. The molecule has 114 valence electrons. The van der Waals surface area contributed by atoms with Gasteiger partial charge in [-0.1, -0.05) is 12.1 Å². The fourth-order valence-corrected chi connectivity index (χ4v) is 1.97. The summed E-state index contributed by atoms with van der Waals surface area (Å²) in [5.41, 5.74) is -0.00276. The molecule has 0 aromatic heterocycles. The van der Waals surface area contributed by atoms with Gasteiger partial charge in [-0.05, 0) is 19.1 Å². The number of hydrogen-bond donors (Lipinski definition) is 1. The number of hydrogen-bond acceptors (Lipinski definition) is 3. The minimum Gasteiger partial charge on any atom is -0.345 e. The first-order valence-electron chi connectivity index (χ1n) is 6.38. The Hall–Kier alpha value is -2.83. The normalized spacial score (nSPS) is 11.8. The second-order valence-corrected chi connectivity index (χ2v) is 4.67. The minimum absolute atomic E-state index is 0.0866. The van der Waals surface area contributed by atoms with Gasteiger partial charge in [-0.15, -0.1) is 0 Å². The SMILES string of the molecule is C[C@H](NC(=O)c1cccc([N+](=O)[O-])c1)c1ccc(F)cc1F. The molecule has 7 heteroatoms. The topological polar surface area (TPSA) is 72.2 Å². The molecule has 1 atom stereocenters. The molecule has 0 aliphatic rings. The highest BCUT2D eigenvalue weighted by molar-refractivity contribution is 5.95. The monoisotopic (exact) mass is 306 g/mol. The Labute approximate surface area is 124 Å². The molecule has 22 heavy (non-hydrogen) atoms. The van der Waals surface area contributed by atoms with Crippen molar-refractivity contribution < 1.29 is 18.5 Å². The number of amides is 1. The largest absolute Gasteiger partial charge is 0.345 e. The Morgan fingerprint density at radius 1 is 1.23 bits per heavy atom. The van der Waals surface area contributed by atoms with Crippen LogP contribution in [0.25, 0.3) is 0 Å². The van der Waals surface area contributed by atoms with Crippen molar-refractivity contribution in [3.05, 3.63) is 75.3 Å². The molecule has 0 radical (unpaired) electrons. The van der Waals surface area contributed by atoms with E-state index in [1.807, 2.05) is 0 Å². The van der Waals surface area contributed by atoms with E-state index < -0.39 is 28.5 Å². The highest BCUT2D eigenvalue weighted by Gasteiger charge is 2.17. The Morgan fingerprint density at radius 3 is 2.59 bits per heavy atom. The fourth-order valence-electron chi connectivity index (χ4n) is 1.97. The van der Waals surface area contributed by atoms with Gasteiger partial charge in [0, 0.05) is 29.3 Å². The van der Waals surface area contributed by atoms with Gasteiger partial charge in [-0.3, -0.25) is 14.9 Å². The van der Waals surface area contributed by atoms with E-state index in [2.05, 4.69) is 5.32 Å². The molecule has 2 aromatic rings. The average molecular weight is 306 g/mol. The van der Waals surface area contributed by atoms with Crippen LogP contribution in [-0.4, -0.2) is 10.8 Å². The zero-order valence-electron chi connectivity index (χ0n) is 11.5. The number of nitrogens with zero attached hydrogens (tertiary/aromatic N) is 1. The molecule has 0 fully saturated rings. The first kappa shape index (κ1) is 15.6. The number of rotatable bonds is 4. The van der Waals surface area contributed by atoms with Gasteiger partial charge in [0.05, 0.1) is 11.0 Å². The standard InChI is InChI=1S/C15H12F2N2O3/c1-9(13-6-5-11(16)8-14(13)17)18-15(20)10-3-2-4-12(7-10)19(21)22/h2-9H,1H3,(H,18,20)/t9-/m0/s1. The van der Waals surface area contributed by atoms with Gasteiger partial charge < -0.3 is 5.32 Å². The summed E-state index contributed by atoms with van der Waals surface area (Å²) in [6.07, 6.45) is 0. The highest BCUT2D eigenvalue weighted by Crippen LogP contribution is 2.19. The Morgan fingerprint density at radius 2 is 1.95 bits per heavy atom. The van der Waals surface area contributed by atoms with Crippen molar-refractivity contribution in [1.29, 1.82) is 0 Å². The Balaban J connectivity index is 2.17. The van der Waals surface area contributed by atoms with Gasteiger partial charge in [0.1, 0.15) is 11.6 Å². The van der Waals surface area contributed by atoms with Crippen LogP contribution in [0.15, 0.2) is 42.5 Å². The molecule has 5 nitrogen and oxygen atoms in total. The van der Waals surface area contributed by atoms with Crippen LogP contribution in [0.5, 0.6) is 0 Å². The van der Waals surface area contributed by atoms with Crippen molar-refractivity contribution in [3.63, 3.8) is 0 Å². The maximum atomic E-state index is 13.6. The van der Waals surface area contributed by atoms with Crippen LogP contribution in [0.2, 0.25) is 0 Å². The van der Waals surface area contributed by atoms with E-state index in [1.165, 1.54) is 31.2 Å². The zero-order valence-corrected chi connectivity index (χ0v) is 11.5. The number of carbonyl (C=O) groups is 1. The molecule has 0 aliphatic heterocycles. The van der Waals surface area contributed by atoms with Crippen molar-refractivity contribution in [2.24, 2.45) is 0 Å². The van der Waals surface area contributed by atoms with Crippen LogP contribution in [0, 0.1) is 21.7 Å². The summed E-state index contributed by atoms with van der Waals surface area (Å²) in [5.74, 6) is -2.06. The van der Waals surface area contributed by atoms with Gasteiger partial charge in [0.25, 0.3) is 11.6 Å². The van der Waals surface area contributed by atoms with Gasteiger partial charge >= 0.3 is 0 Å². The molecular weight excluding hydrogens is 294 g/mol. The second kappa shape index (κ2) is 6.30. The quantitative estimate of drug-likeness (QED) is 0.695. The number of non-ortho nitro benzene ring substituents is 1. The van der Waals surface area contributed by atoms with E-state index in [0.717, 1.165) is 18.2 Å². The molecule has 0 bridgehead atoms. The number of halogens is 2. The smallest absolute Gasteiger partial charge is 0.270 e. The van der Waals surface area contributed by atoms with E-state index in [4.69, 9.17) is 0 Å². The van der Waals surface area contributed by atoms with Crippen molar-refractivity contribution in [3.8, 4) is 0 Å². The van der Waals surface area contributed by atoms with Gasteiger partial charge in [-0.25, -0.2) is 8.78 Å². The van der Waals surface area contributed by atoms with E-state index >= 15 is 0 Å². The van der Waals surface area contributed by atoms with E-state index in [0.29, 0.717) is 0 Å². The number of nitro benzene ring substituents is 1. The number of benzene rings is 2. The summed E-state index contributed by atoms with van der Waals surface area (Å²) in [5, 5.41) is 13.2. The summed E-state index contributed by atoms with van der Waals surface area (Å²) in [7, 11) is 0. The lowest BCUT2D eigenvalue weighted by atomic mass is 10.1. The first-order chi connectivity index (χ1) is 10.4. The summed E-state index contributed by atoms with van der Waals surface area (Å²) in [6, 6.07) is 7.53. The summed E-state index contributed by atoms with van der Waals surface area (Å²) in [4.78, 5) is 22.1. The van der Waals surface area contributed by atoms with Crippen molar-refractivity contribution >= 4 is 11.6 Å². The van der Waals surface area contributed by atoms with Crippen LogP contribution < -0.4 is 5.32 Å². The summed E-state index contributed by atoms with van der Waals surface area (Å²) < 4.78 is 26.5. The van der Waals surface area contributed by atoms with Gasteiger partial charge in [0.2, 0.25) is 0 Å². The van der Waals surface area contributed by atoms with Crippen molar-refractivity contribution in [2.45, 2.75) is 13.0 Å². The lowest BCUT2D eigenvalue weighted by Crippen LogP contribution is -2.27. The predicted octanol–water partition coefficient (Wildman–Crippen LogP) is 3.36. The molecule has 1 amide bonds. The summed E-state index contributed by atoms with van der Waals surface area (Å²) in [6.45, 7) is 1.53. The fraction of sp³-hybridized carbons (Fsp3) is 0.133. The Kier molecular flexibility index (Phi) is 4.45. The number of nitrogens with one attached hydrogen (secondary N) is 1. The lowest BCUT2D eigenvalue weighted by molar-refractivity contribution is -0.384. The van der Waals surface area contributed by atoms with Crippen molar-refractivity contribution in [2.75, 3.05) is 0 Å². The molecule has 1 N–H and O–H groups in total. The summed E-state index contributed by atoms with van der Waals surface area (Å²) >= 11 is 0. The first-order valence-corrected chi connectivity index (χ1v) is 6.38. The van der Waals surface area contributed by atoms with Gasteiger partial charge in [-0.2, -0.15) is 0 Å². The number of nitro groups is 1. The lowest BCUT2D eigenvalue weighted by Gasteiger charge is -2.15. The van der Waals surface area contributed by atoms with Gasteiger partial charge in [0.15, 0.2) is 0 Å². The maximum Gasteiger partial charge on any atom is 0.270 e. The minimum atomic E-state index is -0.771. The third-order valence-electron chi connectivity index (χ3n) is 3.10. The predicted molar refractivity (Wildman–Crippen MR) is 75.3 cm³/mol. The molecule has 0 aliphatic carbocycles. The van der Waals surface area contributed by atoms with E-state index in [1.54, 1.807) is 0 Å². The maximum absolute atomic E-state index is 13.6. The number of carbonyl (C=O) groups excluding carboxylic acids is 1. The average Bonchev–Trinajstić information content (AvgIpc) is 2.47. The molecule has 0 saturated heterocycles. The van der Waals surface area contributed by atoms with Crippen LogP contribution >= 0.6 is 0 Å².